The Morgan fingerprint density at radius 1 is 1.54 bits per heavy atom. The van der Waals surface area contributed by atoms with Crippen molar-refractivity contribution in [3.8, 4) is 5.75 Å². The summed E-state index contributed by atoms with van der Waals surface area (Å²) in [5.74, 6) is -0.803. The molecule has 0 fully saturated rings. The molecule has 1 aromatic carbocycles. The van der Waals surface area contributed by atoms with Crippen molar-refractivity contribution >= 4 is 28.4 Å². The van der Waals surface area contributed by atoms with E-state index in [1.807, 2.05) is 0 Å². The molecule has 13 heavy (non-hydrogen) atoms. The molecule has 0 spiro atoms. The maximum Gasteiger partial charge on any atom is 0.252 e. The largest absolute Gasteiger partial charge is 0.492 e. The van der Waals surface area contributed by atoms with Gasteiger partial charge in [0.25, 0.3) is 5.24 Å². The fourth-order valence-corrected chi connectivity index (χ4v) is 1.26. The van der Waals surface area contributed by atoms with Crippen LogP contribution >= 0.6 is 23.2 Å². The van der Waals surface area contributed by atoms with Crippen molar-refractivity contribution in [2.75, 3.05) is 7.11 Å². The molecule has 2 nitrogen and oxygen atoms in total. The topological polar surface area (TPSA) is 26.3 Å². The van der Waals surface area contributed by atoms with Crippen LogP contribution < -0.4 is 4.74 Å². The van der Waals surface area contributed by atoms with Crippen molar-refractivity contribution in [2.45, 2.75) is 0 Å². The normalized spacial score (nSPS) is 9.85. The number of ether oxygens (including phenoxy) is 1. The van der Waals surface area contributed by atoms with E-state index in [9.17, 15) is 9.18 Å². The monoisotopic (exact) mass is 222 g/mol. The van der Waals surface area contributed by atoms with Gasteiger partial charge in [-0.2, -0.15) is 0 Å². The van der Waals surface area contributed by atoms with Crippen LogP contribution in [0.5, 0.6) is 5.75 Å². The molecule has 5 heteroatoms. The maximum atomic E-state index is 13.1. The van der Waals surface area contributed by atoms with Crippen molar-refractivity contribution < 1.29 is 13.9 Å². The molecule has 0 N–H and O–H groups in total. The molecule has 0 aliphatic heterocycles. The average molecular weight is 223 g/mol. The van der Waals surface area contributed by atoms with E-state index < -0.39 is 11.1 Å². The molecular formula is C8H5Cl2FO2. The number of carbonyl (C=O) groups is 1. The standard InChI is InChI=1S/C8H5Cl2FO2/c1-13-7-5(9)2-4(8(10)12)3-6(7)11/h2-3H,1H3. The molecule has 0 saturated heterocycles. The third-order valence-electron chi connectivity index (χ3n) is 1.43. The fourth-order valence-electron chi connectivity index (χ4n) is 0.868. The highest BCUT2D eigenvalue weighted by Gasteiger charge is 2.12. The smallest absolute Gasteiger partial charge is 0.252 e. The highest BCUT2D eigenvalue weighted by Crippen LogP contribution is 2.29. The van der Waals surface area contributed by atoms with Crippen LogP contribution in [0.2, 0.25) is 5.02 Å². The Bertz CT molecular complexity index is 329. The summed E-state index contributed by atoms with van der Waals surface area (Å²) in [7, 11) is 1.28. The molecule has 0 heterocycles. The van der Waals surface area contributed by atoms with E-state index in [1.165, 1.54) is 13.2 Å². The first-order valence-electron chi connectivity index (χ1n) is 3.29. The molecule has 0 unspecified atom stereocenters. The van der Waals surface area contributed by atoms with E-state index in [4.69, 9.17) is 23.2 Å². The molecule has 0 aromatic heterocycles. The predicted molar refractivity (Wildman–Crippen MR) is 48.1 cm³/mol. The van der Waals surface area contributed by atoms with Gasteiger partial charge in [-0.1, -0.05) is 11.6 Å². The number of rotatable bonds is 2. The van der Waals surface area contributed by atoms with Crippen molar-refractivity contribution in [3.63, 3.8) is 0 Å². The summed E-state index contributed by atoms with van der Waals surface area (Å²) in [6.07, 6.45) is 0. The summed E-state index contributed by atoms with van der Waals surface area (Å²) in [5.41, 5.74) is 0.00460. The van der Waals surface area contributed by atoms with Gasteiger partial charge in [0, 0.05) is 5.56 Å². The molecule has 1 rings (SSSR count). The van der Waals surface area contributed by atoms with Crippen LogP contribution in [-0.4, -0.2) is 12.4 Å². The maximum absolute atomic E-state index is 13.1. The minimum atomic E-state index is -0.761. The van der Waals surface area contributed by atoms with Gasteiger partial charge in [-0.3, -0.25) is 4.79 Å². The van der Waals surface area contributed by atoms with Gasteiger partial charge < -0.3 is 4.74 Å². The summed E-state index contributed by atoms with van der Waals surface area (Å²) in [4.78, 5) is 10.6. The zero-order valence-corrected chi connectivity index (χ0v) is 8.12. The number of hydrogen-bond acceptors (Lipinski definition) is 2. The molecule has 0 aliphatic carbocycles. The van der Waals surface area contributed by atoms with E-state index in [0.29, 0.717) is 0 Å². The van der Waals surface area contributed by atoms with Crippen molar-refractivity contribution in [2.24, 2.45) is 0 Å². The summed E-state index contributed by atoms with van der Waals surface area (Å²) < 4.78 is 17.7. The summed E-state index contributed by atoms with van der Waals surface area (Å²) in [6, 6.07) is 2.22. The van der Waals surface area contributed by atoms with Crippen LogP contribution in [0.3, 0.4) is 0 Å². The number of methoxy groups -OCH3 is 1. The predicted octanol–water partition coefficient (Wildman–Crippen LogP) is 2.87. The van der Waals surface area contributed by atoms with E-state index in [2.05, 4.69) is 4.74 Å². The van der Waals surface area contributed by atoms with Crippen LogP contribution in [0.1, 0.15) is 10.4 Å². The lowest BCUT2D eigenvalue weighted by atomic mass is 10.2. The van der Waals surface area contributed by atoms with Crippen molar-refractivity contribution in [1.29, 1.82) is 0 Å². The van der Waals surface area contributed by atoms with E-state index in [0.717, 1.165) is 6.07 Å². The zero-order chi connectivity index (χ0) is 10.0. The molecule has 0 atom stereocenters. The second-order valence-electron chi connectivity index (χ2n) is 2.25. The SMILES string of the molecule is COc1c(F)cc(C(=O)Cl)cc1Cl. The molecule has 0 amide bonds. The second kappa shape index (κ2) is 3.94. The summed E-state index contributed by atoms with van der Waals surface area (Å²) in [6.45, 7) is 0. The van der Waals surface area contributed by atoms with Gasteiger partial charge in [0.1, 0.15) is 0 Å². The van der Waals surface area contributed by atoms with Crippen molar-refractivity contribution in [1.82, 2.24) is 0 Å². The zero-order valence-electron chi connectivity index (χ0n) is 6.61. The highest BCUT2D eigenvalue weighted by atomic mass is 35.5. The van der Waals surface area contributed by atoms with Gasteiger partial charge in [-0.25, -0.2) is 4.39 Å². The van der Waals surface area contributed by atoms with E-state index in [1.54, 1.807) is 0 Å². The Morgan fingerprint density at radius 3 is 2.54 bits per heavy atom. The lowest BCUT2D eigenvalue weighted by molar-refractivity contribution is 0.108. The van der Waals surface area contributed by atoms with Gasteiger partial charge in [0.05, 0.1) is 12.1 Å². The van der Waals surface area contributed by atoms with E-state index in [-0.39, 0.29) is 16.3 Å². The molecule has 0 radical (unpaired) electrons. The number of benzene rings is 1. The fraction of sp³-hybridized carbons (Fsp3) is 0.125. The Morgan fingerprint density at radius 2 is 2.15 bits per heavy atom. The average Bonchev–Trinajstić information content (AvgIpc) is 2.03. The number of halogens is 3. The molecule has 1 aromatic rings. The molecule has 0 bridgehead atoms. The molecule has 70 valence electrons. The van der Waals surface area contributed by atoms with Crippen LogP contribution in [-0.2, 0) is 0 Å². The van der Waals surface area contributed by atoms with Crippen LogP contribution in [0, 0.1) is 5.82 Å². The Kier molecular flexibility index (Phi) is 3.12. The Labute approximate surface area is 84.2 Å². The quantitative estimate of drug-likeness (QED) is 0.720. The second-order valence-corrected chi connectivity index (χ2v) is 3.00. The van der Waals surface area contributed by atoms with Crippen molar-refractivity contribution in [3.05, 3.63) is 28.5 Å². The minimum absolute atomic E-state index is 0.00460. The first kappa shape index (κ1) is 10.3. The molecule has 0 saturated carbocycles. The van der Waals surface area contributed by atoms with Gasteiger partial charge in [0.2, 0.25) is 0 Å². The van der Waals surface area contributed by atoms with Gasteiger partial charge >= 0.3 is 0 Å². The summed E-state index contributed by atoms with van der Waals surface area (Å²) in [5, 5.41) is -0.741. The highest BCUT2D eigenvalue weighted by molar-refractivity contribution is 6.67. The minimum Gasteiger partial charge on any atom is -0.492 e. The van der Waals surface area contributed by atoms with Gasteiger partial charge in [0.15, 0.2) is 11.6 Å². The number of carbonyl (C=O) groups excluding carboxylic acids is 1. The summed E-state index contributed by atoms with van der Waals surface area (Å²) >= 11 is 10.7. The first-order chi connectivity index (χ1) is 6.06. The molecular weight excluding hydrogens is 218 g/mol. The van der Waals surface area contributed by atoms with Gasteiger partial charge in [-0.15, -0.1) is 0 Å². The lowest BCUT2D eigenvalue weighted by Gasteiger charge is -2.04. The van der Waals surface area contributed by atoms with Crippen LogP contribution in [0.25, 0.3) is 0 Å². The first-order valence-corrected chi connectivity index (χ1v) is 4.04. The van der Waals surface area contributed by atoms with Gasteiger partial charge in [-0.05, 0) is 23.7 Å². The Hall–Kier alpha value is -0.800. The lowest BCUT2D eigenvalue weighted by Crippen LogP contribution is -1.94. The molecule has 0 aliphatic rings. The third kappa shape index (κ3) is 2.11. The number of hydrogen-bond donors (Lipinski definition) is 0. The van der Waals surface area contributed by atoms with E-state index >= 15 is 0 Å². The van der Waals surface area contributed by atoms with Crippen LogP contribution in [0.4, 0.5) is 4.39 Å². The van der Waals surface area contributed by atoms with Crippen LogP contribution in [0.15, 0.2) is 12.1 Å². The third-order valence-corrected chi connectivity index (χ3v) is 1.93. The Balaban J connectivity index is 3.28.